The molecule has 0 unspecified atom stereocenters. The highest BCUT2D eigenvalue weighted by Gasteiger charge is 2.42. The Morgan fingerprint density at radius 3 is 2.79 bits per heavy atom. The average molecular weight is 377 g/mol. The molecule has 7 heteroatoms. The minimum atomic E-state index is -0.327. The van der Waals surface area contributed by atoms with E-state index in [4.69, 9.17) is 0 Å². The van der Waals surface area contributed by atoms with Gasteiger partial charge in [-0.2, -0.15) is 0 Å². The van der Waals surface area contributed by atoms with Gasteiger partial charge in [0, 0.05) is 29.4 Å². The Morgan fingerprint density at radius 1 is 1.11 bits per heavy atom. The molecule has 2 aromatic heterocycles. The maximum atomic E-state index is 13.6. The van der Waals surface area contributed by atoms with Gasteiger partial charge in [-0.15, -0.1) is 0 Å². The van der Waals surface area contributed by atoms with Crippen LogP contribution < -0.4 is 10.6 Å². The first-order valence-electron chi connectivity index (χ1n) is 9.46. The van der Waals surface area contributed by atoms with E-state index in [9.17, 15) is 9.18 Å². The van der Waals surface area contributed by atoms with Crippen LogP contribution in [0.4, 0.5) is 4.39 Å². The van der Waals surface area contributed by atoms with Gasteiger partial charge in [0.25, 0.3) is 5.91 Å². The number of rotatable bonds is 2. The zero-order valence-electron chi connectivity index (χ0n) is 15.3. The van der Waals surface area contributed by atoms with E-state index in [1.54, 1.807) is 24.4 Å². The summed E-state index contributed by atoms with van der Waals surface area (Å²) < 4.78 is 13.6. The Balaban J connectivity index is 1.57. The number of benzene rings is 1. The van der Waals surface area contributed by atoms with Crippen LogP contribution in [-0.2, 0) is 5.41 Å². The molecule has 0 aliphatic carbocycles. The van der Waals surface area contributed by atoms with E-state index >= 15 is 0 Å². The second kappa shape index (κ2) is 6.53. The quantitative estimate of drug-likeness (QED) is 0.641. The van der Waals surface area contributed by atoms with E-state index in [1.807, 2.05) is 6.07 Å². The number of nitrogens with zero attached hydrogens (tertiary/aromatic N) is 2. The van der Waals surface area contributed by atoms with E-state index in [-0.39, 0.29) is 17.1 Å². The Morgan fingerprint density at radius 2 is 1.96 bits per heavy atom. The van der Waals surface area contributed by atoms with Gasteiger partial charge in [-0.05, 0) is 50.2 Å². The lowest BCUT2D eigenvalue weighted by atomic mass is 9.73. The molecule has 142 valence electrons. The number of carbonyl (C=O) groups is 1. The zero-order chi connectivity index (χ0) is 19.1. The van der Waals surface area contributed by atoms with Crippen molar-refractivity contribution in [2.24, 2.45) is 0 Å². The van der Waals surface area contributed by atoms with Gasteiger partial charge in [0.05, 0.1) is 17.0 Å². The number of hydrogen-bond acceptors (Lipinski definition) is 4. The predicted molar refractivity (Wildman–Crippen MR) is 103 cm³/mol. The van der Waals surface area contributed by atoms with Crippen molar-refractivity contribution >= 4 is 5.91 Å². The first kappa shape index (κ1) is 17.1. The van der Waals surface area contributed by atoms with E-state index in [1.165, 1.54) is 12.1 Å². The minimum absolute atomic E-state index is 0.0546. The maximum absolute atomic E-state index is 13.6. The smallest absolute Gasteiger partial charge is 0.253 e. The van der Waals surface area contributed by atoms with Gasteiger partial charge >= 0.3 is 0 Å². The molecule has 1 amide bonds. The summed E-state index contributed by atoms with van der Waals surface area (Å²) in [4.78, 5) is 24.8. The Bertz CT molecular complexity index is 1050. The van der Waals surface area contributed by atoms with Gasteiger partial charge < -0.3 is 15.6 Å². The maximum Gasteiger partial charge on any atom is 0.253 e. The largest absolute Gasteiger partial charge is 0.356 e. The van der Waals surface area contributed by atoms with Gasteiger partial charge in [-0.3, -0.25) is 4.79 Å². The fourth-order valence-electron chi connectivity index (χ4n) is 4.23. The molecule has 2 aliphatic heterocycles. The van der Waals surface area contributed by atoms with E-state index in [0.29, 0.717) is 29.2 Å². The fraction of sp³-hybridized carbons (Fsp3) is 0.286. The first-order chi connectivity index (χ1) is 13.6. The normalized spacial score (nSPS) is 18.0. The standard InChI is InChI=1S/C21H20FN5O/c22-14-3-1-2-13(10-14)19-24-7-4-16(27-19)17-11-15-18(26-17)21(12-25-20(15)28)5-8-23-9-6-21/h1-4,7,10-11,23,26H,5-6,8-9,12H2,(H,25,28). The summed E-state index contributed by atoms with van der Waals surface area (Å²) >= 11 is 0. The molecule has 5 rings (SSSR count). The number of hydrogen-bond donors (Lipinski definition) is 3. The van der Waals surface area contributed by atoms with Crippen LogP contribution in [-0.4, -0.2) is 40.5 Å². The molecule has 1 saturated heterocycles. The molecule has 0 saturated carbocycles. The van der Waals surface area contributed by atoms with Crippen molar-refractivity contribution in [2.75, 3.05) is 19.6 Å². The first-order valence-corrected chi connectivity index (χ1v) is 9.46. The van der Waals surface area contributed by atoms with Crippen LogP contribution >= 0.6 is 0 Å². The SMILES string of the molecule is O=C1NCC2(CCNCC2)c2[nH]c(-c3ccnc(-c4cccc(F)c4)n3)cc21. The van der Waals surface area contributed by atoms with Crippen LogP contribution in [0.25, 0.3) is 22.8 Å². The molecule has 0 bridgehead atoms. The van der Waals surface area contributed by atoms with Crippen molar-refractivity contribution in [3.63, 3.8) is 0 Å². The summed E-state index contributed by atoms with van der Waals surface area (Å²) in [6.07, 6.45) is 3.60. The van der Waals surface area contributed by atoms with Crippen LogP contribution in [0.1, 0.15) is 28.9 Å². The van der Waals surface area contributed by atoms with Gasteiger partial charge in [0.15, 0.2) is 5.82 Å². The average Bonchev–Trinajstić information content (AvgIpc) is 3.19. The van der Waals surface area contributed by atoms with E-state index in [0.717, 1.165) is 37.3 Å². The zero-order valence-corrected chi connectivity index (χ0v) is 15.3. The molecule has 3 aromatic rings. The molecule has 1 fully saturated rings. The molecule has 2 aliphatic rings. The summed E-state index contributed by atoms with van der Waals surface area (Å²) in [5, 5.41) is 6.44. The minimum Gasteiger partial charge on any atom is -0.356 e. The molecule has 4 heterocycles. The molecule has 0 radical (unpaired) electrons. The second-order valence-corrected chi connectivity index (χ2v) is 7.46. The third kappa shape index (κ3) is 2.79. The molecule has 0 atom stereocenters. The number of fused-ring (bicyclic) bond motifs is 2. The molecule has 3 N–H and O–H groups in total. The lowest BCUT2D eigenvalue weighted by molar-refractivity contribution is 0.0913. The van der Waals surface area contributed by atoms with Gasteiger partial charge in [0.1, 0.15) is 5.82 Å². The summed E-state index contributed by atoms with van der Waals surface area (Å²) in [5.41, 5.74) is 3.70. The van der Waals surface area contributed by atoms with Crippen molar-refractivity contribution in [1.82, 2.24) is 25.6 Å². The molecule has 6 nitrogen and oxygen atoms in total. The number of H-pyrrole nitrogens is 1. The summed E-state index contributed by atoms with van der Waals surface area (Å²) in [5.74, 6) is 0.0676. The number of carbonyl (C=O) groups excluding carboxylic acids is 1. The second-order valence-electron chi connectivity index (χ2n) is 7.46. The Kier molecular flexibility index (Phi) is 3.98. The van der Waals surface area contributed by atoms with Gasteiger partial charge in [0.2, 0.25) is 0 Å². The number of amides is 1. The summed E-state index contributed by atoms with van der Waals surface area (Å²) in [6.45, 7) is 2.51. The summed E-state index contributed by atoms with van der Waals surface area (Å²) in [7, 11) is 0. The Labute approximate surface area is 161 Å². The highest BCUT2D eigenvalue weighted by Crippen LogP contribution is 2.38. The third-order valence-electron chi connectivity index (χ3n) is 5.75. The Hall–Kier alpha value is -3.06. The number of halogens is 1. The van der Waals surface area contributed by atoms with Gasteiger partial charge in [-0.25, -0.2) is 14.4 Å². The fourth-order valence-corrected chi connectivity index (χ4v) is 4.23. The van der Waals surface area contributed by atoms with Crippen molar-refractivity contribution in [3.8, 4) is 22.8 Å². The highest BCUT2D eigenvalue weighted by atomic mass is 19.1. The van der Waals surface area contributed by atoms with Crippen LogP contribution in [0.15, 0.2) is 42.6 Å². The van der Waals surface area contributed by atoms with E-state index in [2.05, 4.69) is 25.6 Å². The lowest BCUT2D eigenvalue weighted by Gasteiger charge is -2.40. The van der Waals surface area contributed by atoms with Crippen molar-refractivity contribution in [2.45, 2.75) is 18.3 Å². The number of aromatic nitrogens is 3. The number of nitrogens with one attached hydrogen (secondary N) is 3. The predicted octanol–water partition coefficient (Wildman–Crippen LogP) is 2.64. The number of aromatic amines is 1. The molecular weight excluding hydrogens is 357 g/mol. The third-order valence-corrected chi connectivity index (χ3v) is 5.75. The van der Waals surface area contributed by atoms with Crippen LogP contribution in [0.3, 0.4) is 0 Å². The van der Waals surface area contributed by atoms with Crippen molar-refractivity contribution < 1.29 is 9.18 Å². The van der Waals surface area contributed by atoms with E-state index < -0.39 is 0 Å². The van der Waals surface area contributed by atoms with Crippen LogP contribution in [0, 0.1) is 5.82 Å². The highest BCUT2D eigenvalue weighted by molar-refractivity contribution is 5.98. The summed E-state index contributed by atoms with van der Waals surface area (Å²) in [6, 6.07) is 9.89. The van der Waals surface area contributed by atoms with Crippen molar-refractivity contribution in [3.05, 3.63) is 59.7 Å². The molecular formula is C21H20FN5O. The van der Waals surface area contributed by atoms with Crippen molar-refractivity contribution in [1.29, 1.82) is 0 Å². The molecule has 1 aromatic carbocycles. The number of piperidine rings is 1. The molecule has 28 heavy (non-hydrogen) atoms. The van der Waals surface area contributed by atoms with Gasteiger partial charge in [-0.1, -0.05) is 12.1 Å². The lowest BCUT2D eigenvalue weighted by Crippen LogP contribution is -2.51. The van der Waals surface area contributed by atoms with Crippen LogP contribution in [0.2, 0.25) is 0 Å². The molecule has 1 spiro atoms. The monoisotopic (exact) mass is 377 g/mol. The van der Waals surface area contributed by atoms with Crippen LogP contribution in [0.5, 0.6) is 0 Å². The topological polar surface area (TPSA) is 82.7 Å².